The van der Waals surface area contributed by atoms with Crippen LogP contribution in [0.2, 0.25) is 0 Å². The van der Waals surface area contributed by atoms with Gasteiger partial charge in [0.05, 0.1) is 0 Å². The summed E-state index contributed by atoms with van der Waals surface area (Å²) in [5.41, 5.74) is 23.3. The van der Waals surface area contributed by atoms with Gasteiger partial charge < -0.3 is 44.2 Å². The Morgan fingerprint density at radius 1 is 0.857 bits per heavy atom. The van der Waals surface area contributed by atoms with Crippen LogP contribution >= 0.6 is 0 Å². The first-order valence-electron chi connectivity index (χ1n) is 16.1. The maximum atomic E-state index is 13.6. The Morgan fingerprint density at radius 3 is 2.08 bits per heavy atom. The van der Waals surface area contributed by atoms with Crippen molar-refractivity contribution in [3.05, 3.63) is 76.9 Å². The number of guanidine groups is 1. The topological polar surface area (TPSA) is 274 Å². The first kappa shape index (κ1) is 37.7. The van der Waals surface area contributed by atoms with Gasteiger partial charge in [-0.2, -0.15) is 5.26 Å². The fourth-order valence-corrected chi connectivity index (χ4v) is 4.79. The molecule has 0 bridgehead atoms. The van der Waals surface area contributed by atoms with Gasteiger partial charge in [-0.05, 0) is 80.8 Å². The van der Waals surface area contributed by atoms with E-state index in [1.165, 1.54) is 18.2 Å². The van der Waals surface area contributed by atoms with Gasteiger partial charge in [-0.25, -0.2) is 0 Å². The number of aliphatic imine (C=N–C) groups is 1. The largest absolute Gasteiger partial charge is 0.370 e. The first-order valence-corrected chi connectivity index (χ1v) is 16.1. The lowest BCUT2D eigenvalue weighted by Gasteiger charge is -2.25. The van der Waals surface area contributed by atoms with Gasteiger partial charge in [-0.3, -0.25) is 29.0 Å². The van der Waals surface area contributed by atoms with E-state index in [2.05, 4.69) is 26.3 Å². The molecule has 1 saturated carbocycles. The van der Waals surface area contributed by atoms with Crippen LogP contribution in [0, 0.1) is 11.3 Å². The quantitative estimate of drug-likeness (QED) is 0.0327. The number of nitrogens with one attached hydrogen (secondary N) is 4. The molecule has 0 aromatic heterocycles. The Kier molecular flexibility index (Phi) is 14.7. The van der Waals surface area contributed by atoms with Crippen molar-refractivity contribution >= 4 is 41.6 Å². The molecule has 3 rings (SSSR count). The van der Waals surface area contributed by atoms with Crippen LogP contribution in [0.1, 0.15) is 72.5 Å². The highest BCUT2D eigenvalue weighted by Crippen LogP contribution is 2.20. The van der Waals surface area contributed by atoms with E-state index in [1.807, 2.05) is 6.07 Å². The molecule has 1 aliphatic rings. The van der Waals surface area contributed by atoms with Gasteiger partial charge in [0, 0.05) is 18.2 Å². The first-order chi connectivity index (χ1) is 23.5. The minimum absolute atomic E-state index is 0.0578. The fraction of sp³-hybridized carbons (Fsp3) is 0.382. The summed E-state index contributed by atoms with van der Waals surface area (Å²) >= 11 is 0. The number of nitriles is 1. The molecule has 0 aliphatic heterocycles. The fourth-order valence-electron chi connectivity index (χ4n) is 4.79. The van der Waals surface area contributed by atoms with Gasteiger partial charge in [-0.1, -0.05) is 42.5 Å². The van der Waals surface area contributed by atoms with E-state index in [-0.39, 0.29) is 42.5 Å². The minimum atomic E-state index is -1.13. The number of primary amides is 1. The number of amides is 5. The van der Waals surface area contributed by atoms with E-state index in [0.29, 0.717) is 36.9 Å². The Hall–Kier alpha value is -5.75. The number of unbranched alkanes of at least 4 members (excludes halogenated alkanes) is 1. The van der Waals surface area contributed by atoms with E-state index < -0.39 is 47.7 Å². The van der Waals surface area contributed by atoms with Crippen molar-refractivity contribution in [1.82, 2.24) is 21.3 Å². The highest BCUT2D eigenvalue weighted by Gasteiger charge is 2.30. The van der Waals surface area contributed by atoms with Crippen molar-refractivity contribution in [3.63, 3.8) is 0 Å². The number of carbonyl (C=O) groups is 5. The molecule has 2 aromatic carbocycles. The zero-order valence-electron chi connectivity index (χ0n) is 27.2. The molecule has 15 nitrogen and oxygen atoms in total. The Balaban J connectivity index is 1.76. The van der Waals surface area contributed by atoms with Crippen molar-refractivity contribution in [2.24, 2.45) is 27.9 Å². The summed E-state index contributed by atoms with van der Waals surface area (Å²) in [4.78, 5) is 68.9. The summed E-state index contributed by atoms with van der Waals surface area (Å²) in [5.74, 6) is -3.20. The van der Waals surface area contributed by atoms with Gasteiger partial charge in [0.1, 0.15) is 29.8 Å². The number of hydrogen-bond donors (Lipinski definition) is 8. The van der Waals surface area contributed by atoms with Crippen LogP contribution in [0.15, 0.2) is 65.2 Å². The number of nitrogens with zero attached hydrogens (tertiary/aromatic N) is 2. The maximum Gasteiger partial charge on any atom is 0.262 e. The Labute approximate surface area is 284 Å². The number of carbonyl (C=O) groups excluding carboxylic acids is 5. The van der Waals surface area contributed by atoms with Crippen molar-refractivity contribution in [2.75, 3.05) is 13.1 Å². The van der Waals surface area contributed by atoms with Gasteiger partial charge in [0.2, 0.25) is 17.7 Å². The predicted octanol–water partition coefficient (Wildman–Crippen LogP) is -0.0192. The molecule has 0 saturated heterocycles. The second kappa shape index (κ2) is 19.2. The smallest absolute Gasteiger partial charge is 0.262 e. The summed E-state index contributed by atoms with van der Waals surface area (Å²) in [7, 11) is 0. The maximum absolute atomic E-state index is 13.6. The van der Waals surface area contributed by atoms with Crippen LogP contribution in [0.3, 0.4) is 0 Å². The van der Waals surface area contributed by atoms with Crippen LogP contribution in [-0.4, -0.2) is 66.7 Å². The van der Waals surface area contributed by atoms with E-state index >= 15 is 0 Å². The molecule has 0 spiro atoms. The van der Waals surface area contributed by atoms with Crippen LogP contribution in [0.5, 0.6) is 0 Å². The van der Waals surface area contributed by atoms with Crippen LogP contribution in [0.4, 0.5) is 0 Å². The summed E-state index contributed by atoms with van der Waals surface area (Å²) in [6.07, 6.45) is 4.94. The number of hydrogen-bond acceptors (Lipinski definition) is 8. The Morgan fingerprint density at radius 2 is 1.49 bits per heavy atom. The monoisotopic (exact) mass is 672 g/mol. The molecule has 5 amide bonds. The molecule has 49 heavy (non-hydrogen) atoms. The highest BCUT2D eigenvalue weighted by atomic mass is 16.2. The van der Waals surface area contributed by atoms with Crippen LogP contribution in [-0.2, 0) is 19.2 Å². The van der Waals surface area contributed by atoms with Crippen molar-refractivity contribution in [1.29, 1.82) is 5.26 Å². The van der Waals surface area contributed by atoms with Gasteiger partial charge in [0.25, 0.3) is 11.8 Å². The third kappa shape index (κ3) is 12.8. The predicted molar refractivity (Wildman–Crippen MR) is 184 cm³/mol. The zero-order chi connectivity index (χ0) is 35.8. The average Bonchev–Trinajstić information content (AvgIpc) is 3.91. The molecule has 3 atom stereocenters. The van der Waals surface area contributed by atoms with Gasteiger partial charge >= 0.3 is 0 Å². The molecule has 1 unspecified atom stereocenters. The second-order valence-electron chi connectivity index (χ2n) is 11.6. The Bertz CT molecular complexity index is 1560. The van der Waals surface area contributed by atoms with E-state index in [4.69, 9.17) is 22.9 Å². The van der Waals surface area contributed by atoms with Crippen molar-refractivity contribution < 1.29 is 24.0 Å². The molecule has 1 aliphatic carbocycles. The number of rotatable bonds is 19. The average molecular weight is 673 g/mol. The summed E-state index contributed by atoms with van der Waals surface area (Å²) in [6, 6.07) is 13.3. The lowest BCUT2D eigenvalue weighted by molar-refractivity contribution is -0.132. The van der Waals surface area contributed by atoms with Gasteiger partial charge in [-0.15, -0.1) is 0 Å². The molecule has 260 valence electrons. The third-order valence-electron chi connectivity index (χ3n) is 7.61. The molecule has 0 heterocycles. The summed E-state index contributed by atoms with van der Waals surface area (Å²) < 4.78 is 0. The zero-order valence-corrected chi connectivity index (χ0v) is 27.2. The summed E-state index contributed by atoms with van der Waals surface area (Å²) in [6.45, 7) is 0.566. The minimum Gasteiger partial charge on any atom is -0.370 e. The van der Waals surface area contributed by atoms with Crippen molar-refractivity contribution in [3.8, 4) is 6.07 Å². The molecule has 1 fully saturated rings. The molecule has 12 N–H and O–H groups in total. The third-order valence-corrected chi connectivity index (χ3v) is 7.61. The molecule has 2 aromatic rings. The van der Waals surface area contributed by atoms with Crippen molar-refractivity contribution in [2.45, 2.75) is 69.1 Å². The molecule has 15 heteroatoms. The molecular formula is C34H44N10O5. The molecule has 0 radical (unpaired) electrons. The number of nitrogens with two attached hydrogens (primary N) is 4. The number of benzene rings is 2. The normalized spacial score (nSPS) is 14.2. The molecular weight excluding hydrogens is 628 g/mol. The lowest BCUT2D eigenvalue weighted by Crippen LogP contribution is -2.54. The van der Waals surface area contributed by atoms with E-state index in [1.54, 1.807) is 42.5 Å². The van der Waals surface area contributed by atoms with E-state index in [9.17, 15) is 29.2 Å². The lowest BCUT2D eigenvalue weighted by atomic mass is 10.0. The SMILES string of the molecule is N#C/C(=C\c1ccc(C(=O)N[C@@H](CCCN=C(N)N)C(=O)N[C@@H](CCCCN)C(=O)NC(C(N)=O)c2ccccc2)cc1)C(=O)NC1CC1. The highest BCUT2D eigenvalue weighted by molar-refractivity contribution is 6.02. The second-order valence-corrected chi connectivity index (χ2v) is 11.6. The van der Waals surface area contributed by atoms with E-state index in [0.717, 1.165) is 12.8 Å². The van der Waals surface area contributed by atoms with Crippen LogP contribution in [0.25, 0.3) is 6.08 Å². The van der Waals surface area contributed by atoms with Gasteiger partial charge in [0.15, 0.2) is 5.96 Å². The van der Waals surface area contributed by atoms with Crippen LogP contribution < -0.4 is 44.2 Å². The summed E-state index contributed by atoms with van der Waals surface area (Å²) in [5, 5.41) is 20.3. The standard InChI is InChI=1S/C34H44N10O5/c35-17-5-4-9-26(33(49)44-28(29(37)45)22-7-2-1-3-8-22)43-32(48)27(10-6-18-40-34(38)39)42-30(46)23-13-11-21(12-14-23)19-24(20-36)31(47)41-25-15-16-25/h1-3,7-8,11-14,19,25-28H,4-6,9-10,15-18,35H2,(H2,37,45)(H,41,47)(H,42,46)(H,43,48)(H,44,49)(H4,38,39,40)/b24-19+/t26-,27-,28?/m0/s1.